The summed E-state index contributed by atoms with van der Waals surface area (Å²) in [4.78, 5) is 10.2. The van der Waals surface area contributed by atoms with Crippen LogP contribution in [-0.2, 0) is 13.3 Å². The first-order chi connectivity index (χ1) is 12.2. The summed E-state index contributed by atoms with van der Waals surface area (Å²) < 4.78 is 9.35. The first-order valence-electron chi connectivity index (χ1n) is 9.91. The van der Waals surface area contributed by atoms with Gasteiger partial charge in [-0.25, -0.2) is 9.90 Å². The molecule has 0 unspecified atom stereocenters. The van der Waals surface area contributed by atoms with E-state index in [1.54, 1.807) is 14.2 Å². The molecule has 0 bridgehead atoms. The summed E-state index contributed by atoms with van der Waals surface area (Å²) in [6.07, 6.45) is 20.9. The van der Waals surface area contributed by atoms with Crippen molar-refractivity contribution in [1.82, 2.24) is 0 Å². The van der Waals surface area contributed by atoms with E-state index in [-0.39, 0.29) is 6.42 Å². The first kappa shape index (κ1) is 27.5. The van der Waals surface area contributed by atoms with Crippen molar-refractivity contribution in [3.63, 3.8) is 0 Å². The van der Waals surface area contributed by atoms with Crippen LogP contribution in [0.15, 0.2) is 12.2 Å². The van der Waals surface area contributed by atoms with Gasteiger partial charge in [-0.05, 0) is 32.1 Å². The second-order valence-corrected chi connectivity index (χ2v) is 9.84. The molecule has 0 spiro atoms. The number of hydrogen-bond acceptors (Lipinski definition) is 3. The third-order valence-corrected chi connectivity index (χ3v) is 5.04. The maximum absolute atomic E-state index is 10.2. The van der Waals surface area contributed by atoms with E-state index in [2.05, 4.69) is 22.5 Å². The monoisotopic (exact) mass is 482 g/mol. The number of rotatable bonds is 17. The summed E-state index contributed by atoms with van der Waals surface area (Å²) in [6.45, 7) is 2.26. The molecule has 0 rings (SSSR count). The van der Waals surface area contributed by atoms with Gasteiger partial charge >= 0.3 is 56.5 Å². The molecule has 25 heavy (non-hydrogen) atoms. The Morgan fingerprint density at radius 3 is 1.60 bits per heavy atom. The summed E-state index contributed by atoms with van der Waals surface area (Å²) >= 11 is -1.05. The minimum absolute atomic E-state index is 0.220. The van der Waals surface area contributed by atoms with Crippen LogP contribution >= 0.6 is 0 Å². The Bertz CT molecular complexity index is 281. The van der Waals surface area contributed by atoms with Crippen molar-refractivity contribution in [1.29, 1.82) is 0 Å². The van der Waals surface area contributed by atoms with Gasteiger partial charge in [0.15, 0.2) is 0 Å². The molecule has 1 radical (unpaired) electrons. The van der Waals surface area contributed by atoms with Crippen molar-refractivity contribution >= 4 is 5.97 Å². The molecule has 0 aromatic carbocycles. The Morgan fingerprint density at radius 1 is 0.760 bits per heavy atom. The van der Waals surface area contributed by atoms with Crippen LogP contribution in [0.25, 0.3) is 0 Å². The molecule has 146 valence electrons. The van der Waals surface area contributed by atoms with E-state index in [1.165, 1.54) is 64.2 Å². The average molecular weight is 482 g/mol. The molecule has 4 nitrogen and oxygen atoms in total. The fraction of sp³-hybridized carbons (Fsp3) is 0.850. The number of carbonyl (C=O) groups is 1. The molecule has 0 fully saturated rings. The molecular weight excluding hydrogens is 443 g/mol. The molecule has 0 aromatic heterocycles. The Balaban J connectivity index is 0. The van der Waals surface area contributed by atoms with Crippen molar-refractivity contribution in [2.24, 2.45) is 0 Å². The zero-order valence-electron chi connectivity index (χ0n) is 16.8. The summed E-state index contributed by atoms with van der Waals surface area (Å²) in [5.74, 6) is -0.914. The van der Waals surface area contributed by atoms with Gasteiger partial charge in [0.1, 0.15) is 0 Å². The van der Waals surface area contributed by atoms with E-state index >= 15 is 0 Å². The average Bonchev–Trinajstić information content (AvgIpc) is 2.59. The summed E-state index contributed by atoms with van der Waals surface area (Å²) in [6, 6.07) is 0. The Kier molecular flexibility index (Phi) is 29.3. The van der Waals surface area contributed by atoms with Gasteiger partial charge in [0.05, 0.1) is 6.42 Å². The van der Waals surface area contributed by atoms with E-state index in [9.17, 15) is 9.90 Å². The molecule has 0 aromatic rings. The van der Waals surface area contributed by atoms with Crippen LogP contribution < -0.4 is 0 Å². The third kappa shape index (κ3) is 32.5. The van der Waals surface area contributed by atoms with Crippen LogP contribution in [-0.4, -0.2) is 20.2 Å². The fourth-order valence-corrected chi connectivity index (χ4v) is 3.04. The number of carbonyl (C=O) groups excluding carboxylic acids is 1. The van der Waals surface area contributed by atoms with E-state index < -0.39 is 38.9 Å². The van der Waals surface area contributed by atoms with Crippen LogP contribution in [0.4, 0.5) is 0 Å². The molecule has 0 aliphatic heterocycles. The zero-order chi connectivity index (χ0) is 19.0. The predicted molar refractivity (Wildman–Crippen MR) is 99.2 cm³/mol. The van der Waals surface area contributed by atoms with E-state index in [4.69, 9.17) is 0 Å². The van der Waals surface area contributed by atoms with Crippen LogP contribution in [0.3, 0.4) is 0 Å². The van der Waals surface area contributed by atoms with Crippen molar-refractivity contribution in [2.75, 3.05) is 14.2 Å². The van der Waals surface area contributed by atoms with Gasteiger partial charge in [-0.1, -0.05) is 70.4 Å². The molecule has 0 aliphatic carbocycles. The molecule has 0 atom stereocenters. The Hall–Kier alpha value is 0.325. The SMILES string of the molecule is CCCCCCCC/C=C\CCCCCCCC([O])=O.C[O][La][O]C. The topological polar surface area (TPSA) is 55.4 Å². The van der Waals surface area contributed by atoms with Gasteiger partial charge < -0.3 is 0 Å². The first-order valence-corrected chi connectivity index (χ1v) is 12.9. The number of allylic oxidation sites excluding steroid dienone is 2. The van der Waals surface area contributed by atoms with Gasteiger partial charge in [0, 0.05) is 0 Å². The van der Waals surface area contributed by atoms with Gasteiger partial charge in [0.2, 0.25) is 0 Å². The minimum atomic E-state index is -1.05. The van der Waals surface area contributed by atoms with E-state index in [0.29, 0.717) is 0 Å². The van der Waals surface area contributed by atoms with E-state index in [0.717, 1.165) is 19.3 Å². The molecule has 0 amide bonds. The number of unbranched alkanes of at least 4 members (excludes halogenated alkanes) is 11. The zero-order valence-corrected chi connectivity index (χ0v) is 20.4. The van der Waals surface area contributed by atoms with Crippen LogP contribution in [0.2, 0.25) is 0 Å². The quantitative estimate of drug-likeness (QED) is 0.184. The van der Waals surface area contributed by atoms with Gasteiger partial charge in [0.25, 0.3) is 0 Å². The van der Waals surface area contributed by atoms with Crippen molar-refractivity contribution in [3.05, 3.63) is 12.2 Å². The molecule has 0 aliphatic rings. The summed E-state index contributed by atoms with van der Waals surface area (Å²) in [5, 5.41) is 10.2. The Labute approximate surface area is 174 Å². The van der Waals surface area contributed by atoms with Crippen molar-refractivity contribution < 1.29 is 46.3 Å². The molecule has 0 N–H and O–H groups in total. The molecule has 5 heteroatoms. The van der Waals surface area contributed by atoms with Crippen molar-refractivity contribution in [2.45, 2.75) is 96.8 Å². The second-order valence-electron chi connectivity index (χ2n) is 6.27. The van der Waals surface area contributed by atoms with Crippen LogP contribution in [0.5, 0.6) is 0 Å². The second kappa shape index (κ2) is 26.6. The van der Waals surface area contributed by atoms with Gasteiger partial charge in [-0.2, -0.15) is 0 Å². The normalized spacial score (nSPS) is 10.4. The molecule has 0 heterocycles. The standard InChI is InChI=1S/C18H33O2.2CH3O.La/c1-2-3-4-5-6-7-8-9-10-11-12-13-14-15-16-17-18(19)20;2*1-2;/h9-10H,2-8,11-17H2,1H3;2*1H3;/q;2*-1;+2/b10-9-;;;. The molecule has 0 saturated heterocycles. The molecule has 0 saturated carbocycles. The third-order valence-electron chi connectivity index (χ3n) is 3.84. The van der Waals surface area contributed by atoms with E-state index in [1.807, 2.05) is 0 Å². The van der Waals surface area contributed by atoms with Crippen LogP contribution in [0, 0.1) is 32.9 Å². The van der Waals surface area contributed by atoms with Gasteiger partial charge in [-0.15, -0.1) is 0 Å². The Morgan fingerprint density at radius 2 is 1.20 bits per heavy atom. The predicted octanol–water partition coefficient (Wildman–Crippen LogP) is 6.18. The summed E-state index contributed by atoms with van der Waals surface area (Å²) in [7, 11) is 3.36. The summed E-state index contributed by atoms with van der Waals surface area (Å²) in [5.41, 5.74) is 0. The van der Waals surface area contributed by atoms with Gasteiger partial charge in [-0.3, -0.25) is 0 Å². The van der Waals surface area contributed by atoms with Crippen molar-refractivity contribution in [3.8, 4) is 0 Å². The molecular formula is C20H39LaO4. The number of hydrogen-bond donors (Lipinski definition) is 0. The fourth-order valence-electron chi connectivity index (χ4n) is 2.44. The maximum atomic E-state index is 10.2. The van der Waals surface area contributed by atoms with Crippen LogP contribution in [0.1, 0.15) is 96.8 Å².